The van der Waals surface area contributed by atoms with Gasteiger partial charge < -0.3 is 15.2 Å². The third-order valence-corrected chi connectivity index (χ3v) is 4.11. The van der Waals surface area contributed by atoms with Crippen LogP contribution in [0.1, 0.15) is 24.3 Å². The molecule has 1 atom stereocenters. The highest BCUT2D eigenvalue weighted by atomic mass is 79.9. The molecule has 0 bridgehead atoms. The minimum Gasteiger partial charge on any atom is -0.490 e. The highest BCUT2D eigenvalue weighted by Gasteiger charge is 2.13. The van der Waals surface area contributed by atoms with Crippen molar-refractivity contribution in [1.29, 1.82) is 0 Å². The molecule has 0 fully saturated rings. The number of hydrogen-bond acceptors (Lipinski definition) is 5. The van der Waals surface area contributed by atoms with Crippen LogP contribution in [0.2, 0.25) is 0 Å². The second-order valence-corrected chi connectivity index (χ2v) is 6.60. The summed E-state index contributed by atoms with van der Waals surface area (Å²) in [6.45, 7) is 5.02. The lowest BCUT2D eigenvalue weighted by Gasteiger charge is -2.15. The van der Waals surface area contributed by atoms with E-state index in [4.69, 9.17) is 15.2 Å². The molecular weight excluding hydrogens is 352 g/mol. The summed E-state index contributed by atoms with van der Waals surface area (Å²) in [5.74, 6) is 1.46. The van der Waals surface area contributed by atoms with Crippen molar-refractivity contribution < 1.29 is 9.47 Å². The Hall–Kier alpha value is -1.11. The van der Waals surface area contributed by atoms with Gasteiger partial charge in [0.15, 0.2) is 11.5 Å². The molecular formula is C15H19BrN2O2S. The Balaban J connectivity index is 2.21. The zero-order chi connectivity index (χ0) is 15.2. The molecule has 1 heterocycles. The van der Waals surface area contributed by atoms with E-state index in [2.05, 4.69) is 20.9 Å². The quantitative estimate of drug-likeness (QED) is 0.805. The van der Waals surface area contributed by atoms with Gasteiger partial charge in [-0.2, -0.15) is 0 Å². The number of rotatable bonds is 7. The van der Waals surface area contributed by atoms with E-state index >= 15 is 0 Å². The fraction of sp³-hybridized carbons (Fsp3) is 0.400. The molecule has 0 radical (unpaired) electrons. The van der Waals surface area contributed by atoms with Gasteiger partial charge in [-0.15, -0.1) is 11.3 Å². The molecule has 1 aromatic heterocycles. The molecule has 2 rings (SSSR count). The summed E-state index contributed by atoms with van der Waals surface area (Å²) in [5.41, 5.74) is 8.79. The molecule has 114 valence electrons. The molecule has 0 aliphatic heterocycles. The van der Waals surface area contributed by atoms with Crippen LogP contribution in [-0.4, -0.2) is 17.6 Å². The van der Waals surface area contributed by atoms with E-state index in [1.165, 1.54) is 0 Å². The van der Waals surface area contributed by atoms with Gasteiger partial charge in [0.1, 0.15) is 6.61 Å². The largest absolute Gasteiger partial charge is 0.490 e. The van der Waals surface area contributed by atoms with Gasteiger partial charge >= 0.3 is 0 Å². The summed E-state index contributed by atoms with van der Waals surface area (Å²) in [7, 11) is 0. The molecule has 0 aliphatic rings. The SMILES string of the molecule is CCOc1cc(CC(C)N)cc(Br)c1OCc1cncs1. The van der Waals surface area contributed by atoms with Gasteiger partial charge in [-0.05, 0) is 53.9 Å². The lowest BCUT2D eigenvalue weighted by Crippen LogP contribution is -2.17. The number of ether oxygens (including phenoxy) is 2. The number of thiazole rings is 1. The van der Waals surface area contributed by atoms with Gasteiger partial charge in [0.2, 0.25) is 0 Å². The summed E-state index contributed by atoms with van der Waals surface area (Å²) in [4.78, 5) is 5.12. The summed E-state index contributed by atoms with van der Waals surface area (Å²) < 4.78 is 12.5. The highest BCUT2D eigenvalue weighted by Crippen LogP contribution is 2.37. The Morgan fingerprint density at radius 3 is 2.81 bits per heavy atom. The number of halogens is 1. The van der Waals surface area contributed by atoms with Crippen LogP contribution in [0, 0.1) is 0 Å². The Kier molecular flexibility index (Phi) is 6.02. The zero-order valence-electron chi connectivity index (χ0n) is 12.1. The Labute approximate surface area is 137 Å². The summed E-state index contributed by atoms with van der Waals surface area (Å²) in [6, 6.07) is 4.14. The molecule has 0 saturated carbocycles. The minimum absolute atomic E-state index is 0.107. The average Bonchev–Trinajstić information content (AvgIpc) is 2.90. The third-order valence-electron chi connectivity index (χ3n) is 2.77. The van der Waals surface area contributed by atoms with E-state index in [-0.39, 0.29) is 6.04 Å². The lowest BCUT2D eigenvalue weighted by atomic mass is 10.1. The molecule has 0 aliphatic carbocycles. The maximum atomic E-state index is 5.89. The number of hydrogen-bond donors (Lipinski definition) is 1. The Morgan fingerprint density at radius 2 is 2.19 bits per heavy atom. The van der Waals surface area contributed by atoms with Crippen LogP contribution in [0.5, 0.6) is 11.5 Å². The van der Waals surface area contributed by atoms with Crippen molar-refractivity contribution in [3.63, 3.8) is 0 Å². The maximum Gasteiger partial charge on any atom is 0.175 e. The third kappa shape index (κ3) is 4.69. The van der Waals surface area contributed by atoms with Gasteiger partial charge in [0.25, 0.3) is 0 Å². The molecule has 0 amide bonds. The average molecular weight is 371 g/mol. The molecule has 1 unspecified atom stereocenters. The second kappa shape index (κ2) is 7.77. The van der Waals surface area contributed by atoms with Crippen molar-refractivity contribution in [2.24, 2.45) is 5.73 Å². The van der Waals surface area contributed by atoms with Gasteiger partial charge in [-0.3, -0.25) is 4.98 Å². The molecule has 2 aromatic rings. The van der Waals surface area contributed by atoms with E-state index in [0.717, 1.165) is 32.8 Å². The van der Waals surface area contributed by atoms with Crippen LogP contribution < -0.4 is 15.2 Å². The van der Waals surface area contributed by atoms with E-state index < -0.39 is 0 Å². The Bertz CT molecular complexity index is 573. The molecule has 6 heteroatoms. The van der Waals surface area contributed by atoms with Crippen LogP contribution >= 0.6 is 27.3 Å². The van der Waals surface area contributed by atoms with Crippen molar-refractivity contribution in [3.05, 3.63) is 38.8 Å². The predicted molar refractivity (Wildman–Crippen MR) is 89.1 cm³/mol. The van der Waals surface area contributed by atoms with Crippen molar-refractivity contribution in [2.75, 3.05) is 6.61 Å². The number of nitrogens with two attached hydrogens (primary N) is 1. The fourth-order valence-electron chi connectivity index (χ4n) is 1.97. The normalized spacial score (nSPS) is 12.2. The first-order valence-corrected chi connectivity index (χ1v) is 8.48. The molecule has 21 heavy (non-hydrogen) atoms. The topological polar surface area (TPSA) is 57.4 Å². The van der Waals surface area contributed by atoms with Crippen LogP contribution in [0.4, 0.5) is 0 Å². The first-order valence-electron chi connectivity index (χ1n) is 6.81. The van der Waals surface area contributed by atoms with Crippen LogP contribution in [0.3, 0.4) is 0 Å². The smallest absolute Gasteiger partial charge is 0.175 e. The van der Waals surface area contributed by atoms with Crippen LogP contribution in [0.25, 0.3) is 0 Å². The standard InChI is InChI=1S/C15H19BrN2O2S/c1-3-19-14-6-11(4-10(2)17)5-13(16)15(14)20-8-12-7-18-9-21-12/h5-7,9-10H,3-4,8,17H2,1-2H3. The van der Waals surface area contributed by atoms with Crippen molar-refractivity contribution in [1.82, 2.24) is 4.98 Å². The molecule has 0 saturated heterocycles. The monoisotopic (exact) mass is 370 g/mol. The van der Waals surface area contributed by atoms with Crippen molar-refractivity contribution >= 4 is 27.3 Å². The second-order valence-electron chi connectivity index (χ2n) is 4.78. The maximum absolute atomic E-state index is 5.89. The summed E-state index contributed by atoms with van der Waals surface area (Å²) in [6.07, 6.45) is 2.61. The summed E-state index contributed by atoms with van der Waals surface area (Å²) in [5, 5.41) is 0. The number of benzene rings is 1. The summed E-state index contributed by atoms with van der Waals surface area (Å²) >= 11 is 5.13. The fourth-order valence-corrected chi connectivity index (χ4v) is 3.08. The minimum atomic E-state index is 0.107. The van der Waals surface area contributed by atoms with Crippen LogP contribution in [-0.2, 0) is 13.0 Å². The number of aromatic nitrogens is 1. The highest BCUT2D eigenvalue weighted by molar-refractivity contribution is 9.10. The Morgan fingerprint density at radius 1 is 1.38 bits per heavy atom. The van der Waals surface area contributed by atoms with Gasteiger partial charge in [0, 0.05) is 12.2 Å². The van der Waals surface area contributed by atoms with E-state index in [1.54, 1.807) is 16.8 Å². The van der Waals surface area contributed by atoms with E-state index in [0.29, 0.717) is 13.2 Å². The molecule has 0 spiro atoms. The van der Waals surface area contributed by atoms with Gasteiger partial charge in [0.05, 0.1) is 21.5 Å². The predicted octanol–water partition coefficient (Wildman–Crippen LogP) is 3.77. The van der Waals surface area contributed by atoms with Crippen molar-refractivity contribution in [2.45, 2.75) is 32.9 Å². The first-order chi connectivity index (χ1) is 10.1. The lowest BCUT2D eigenvalue weighted by molar-refractivity contribution is 0.269. The molecule has 4 nitrogen and oxygen atoms in total. The first kappa shape index (κ1) is 16.3. The van der Waals surface area contributed by atoms with Crippen LogP contribution in [0.15, 0.2) is 28.3 Å². The number of nitrogens with zero attached hydrogens (tertiary/aromatic N) is 1. The van der Waals surface area contributed by atoms with Gasteiger partial charge in [-0.25, -0.2) is 0 Å². The van der Waals surface area contributed by atoms with Crippen molar-refractivity contribution in [3.8, 4) is 11.5 Å². The molecule has 1 aromatic carbocycles. The zero-order valence-corrected chi connectivity index (χ0v) is 14.5. The van der Waals surface area contributed by atoms with Gasteiger partial charge in [-0.1, -0.05) is 0 Å². The van der Waals surface area contributed by atoms with E-state index in [1.807, 2.05) is 32.2 Å². The molecule has 2 N–H and O–H groups in total. The van der Waals surface area contributed by atoms with E-state index in [9.17, 15) is 0 Å².